The van der Waals surface area contributed by atoms with E-state index in [9.17, 15) is 9.59 Å². The molecule has 0 radical (unpaired) electrons. The molecule has 1 aliphatic carbocycles. The first-order chi connectivity index (χ1) is 15.2. The SMILES string of the molecule is O=C(Nc1cccc(OCC(=O)N2CCCC(c3nc4ccccc4[nH]3)C2)c1)C1CC1. The lowest BCUT2D eigenvalue weighted by Gasteiger charge is -2.31. The molecule has 2 heterocycles. The summed E-state index contributed by atoms with van der Waals surface area (Å²) in [4.78, 5) is 34.7. The van der Waals surface area contributed by atoms with Gasteiger partial charge >= 0.3 is 0 Å². The van der Waals surface area contributed by atoms with E-state index in [4.69, 9.17) is 9.72 Å². The second-order valence-corrected chi connectivity index (χ2v) is 8.40. The third-order valence-corrected chi connectivity index (χ3v) is 5.98. The average Bonchev–Trinajstić information content (AvgIpc) is 3.56. The van der Waals surface area contributed by atoms with E-state index in [1.165, 1.54) is 0 Å². The molecule has 5 rings (SSSR count). The van der Waals surface area contributed by atoms with Crippen LogP contribution in [0.5, 0.6) is 5.75 Å². The van der Waals surface area contributed by atoms with E-state index < -0.39 is 0 Å². The van der Waals surface area contributed by atoms with Gasteiger partial charge in [0, 0.05) is 36.7 Å². The van der Waals surface area contributed by atoms with E-state index in [-0.39, 0.29) is 30.3 Å². The first-order valence-electron chi connectivity index (χ1n) is 10.9. The first-order valence-corrected chi connectivity index (χ1v) is 10.9. The number of hydrogen-bond donors (Lipinski definition) is 2. The normalized spacial score (nSPS) is 18.7. The molecule has 1 atom stereocenters. The zero-order chi connectivity index (χ0) is 21.2. The second kappa shape index (κ2) is 8.41. The molecule has 2 amide bonds. The molecule has 7 heteroatoms. The summed E-state index contributed by atoms with van der Waals surface area (Å²) in [6.45, 7) is 1.35. The molecule has 1 saturated carbocycles. The number of nitrogens with one attached hydrogen (secondary N) is 2. The number of nitrogens with zero attached hydrogens (tertiary/aromatic N) is 2. The molecular weight excluding hydrogens is 392 g/mol. The summed E-state index contributed by atoms with van der Waals surface area (Å²) in [7, 11) is 0. The van der Waals surface area contributed by atoms with Crippen molar-refractivity contribution in [1.82, 2.24) is 14.9 Å². The minimum absolute atomic E-state index is 0.0210. The van der Waals surface area contributed by atoms with Crippen molar-refractivity contribution in [2.24, 2.45) is 5.92 Å². The number of piperidine rings is 1. The molecule has 2 aliphatic rings. The van der Waals surface area contributed by atoms with Crippen LogP contribution in [-0.4, -0.2) is 46.4 Å². The lowest BCUT2D eigenvalue weighted by atomic mass is 9.97. The molecule has 1 saturated heterocycles. The molecule has 2 fully saturated rings. The van der Waals surface area contributed by atoms with Gasteiger partial charge in [-0.2, -0.15) is 0 Å². The number of H-pyrrole nitrogens is 1. The number of benzene rings is 2. The van der Waals surface area contributed by atoms with Crippen LogP contribution >= 0.6 is 0 Å². The van der Waals surface area contributed by atoms with Gasteiger partial charge in [0.25, 0.3) is 5.91 Å². The third kappa shape index (κ3) is 4.55. The van der Waals surface area contributed by atoms with Gasteiger partial charge in [-0.05, 0) is 49.9 Å². The van der Waals surface area contributed by atoms with Crippen molar-refractivity contribution in [3.63, 3.8) is 0 Å². The van der Waals surface area contributed by atoms with Crippen LogP contribution < -0.4 is 10.1 Å². The van der Waals surface area contributed by atoms with Gasteiger partial charge in [-0.15, -0.1) is 0 Å². The summed E-state index contributed by atoms with van der Waals surface area (Å²) in [5, 5.41) is 2.91. The molecule has 3 aromatic rings. The van der Waals surface area contributed by atoms with Crippen molar-refractivity contribution in [1.29, 1.82) is 0 Å². The summed E-state index contributed by atoms with van der Waals surface area (Å²) < 4.78 is 5.74. The number of anilines is 1. The Bertz CT molecular complexity index is 1070. The van der Waals surface area contributed by atoms with Crippen molar-refractivity contribution < 1.29 is 14.3 Å². The maximum absolute atomic E-state index is 12.8. The van der Waals surface area contributed by atoms with Gasteiger partial charge in [0.1, 0.15) is 11.6 Å². The molecule has 160 valence electrons. The van der Waals surface area contributed by atoms with E-state index in [0.29, 0.717) is 18.0 Å². The van der Waals surface area contributed by atoms with E-state index in [2.05, 4.69) is 10.3 Å². The predicted octanol–water partition coefficient (Wildman–Crippen LogP) is 3.70. The van der Waals surface area contributed by atoms with Gasteiger partial charge < -0.3 is 19.9 Å². The number of para-hydroxylation sites is 2. The number of amides is 2. The Morgan fingerprint density at radius 3 is 2.84 bits per heavy atom. The van der Waals surface area contributed by atoms with Crippen LogP contribution in [0, 0.1) is 5.92 Å². The summed E-state index contributed by atoms with van der Waals surface area (Å²) >= 11 is 0. The number of ether oxygens (including phenoxy) is 1. The van der Waals surface area contributed by atoms with E-state index in [0.717, 1.165) is 49.1 Å². The number of rotatable bonds is 6. The van der Waals surface area contributed by atoms with Crippen LogP contribution in [0.4, 0.5) is 5.69 Å². The zero-order valence-corrected chi connectivity index (χ0v) is 17.3. The fourth-order valence-electron chi connectivity index (χ4n) is 4.08. The maximum Gasteiger partial charge on any atom is 0.260 e. The number of likely N-dealkylation sites (tertiary alicyclic amines) is 1. The van der Waals surface area contributed by atoms with E-state index in [1.807, 2.05) is 41.3 Å². The van der Waals surface area contributed by atoms with Crippen molar-refractivity contribution in [2.45, 2.75) is 31.6 Å². The molecular formula is C24H26N4O3. The summed E-state index contributed by atoms with van der Waals surface area (Å²) in [6, 6.07) is 15.2. The molecule has 1 unspecified atom stereocenters. The van der Waals surface area contributed by atoms with Gasteiger partial charge in [-0.1, -0.05) is 18.2 Å². The third-order valence-electron chi connectivity index (χ3n) is 5.98. The topological polar surface area (TPSA) is 87.3 Å². The van der Waals surface area contributed by atoms with Crippen LogP contribution in [0.1, 0.15) is 37.4 Å². The highest BCUT2D eigenvalue weighted by Crippen LogP contribution is 2.31. The Balaban J connectivity index is 1.18. The van der Waals surface area contributed by atoms with Crippen LogP contribution in [0.2, 0.25) is 0 Å². The fourth-order valence-corrected chi connectivity index (χ4v) is 4.08. The molecule has 1 aliphatic heterocycles. The number of aromatic nitrogens is 2. The minimum atomic E-state index is -0.0340. The van der Waals surface area contributed by atoms with Crippen molar-refractivity contribution >= 4 is 28.5 Å². The second-order valence-electron chi connectivity index (χ2n) is 8.40. The monoisotopic (exact) mass is 418 g/mol. The fraction of sp³-hybridized carbons (Fsp3) is 0.375. The smallest absolute Gasteiger partial charge is 0.260 e. The lowest BCUT2D eigenvalue weighted by Crippen LogP contribution is -2.41. The number of fused-ring (bicyclic) bond motifs is 1. The minimum Gasteiger partial charge on any atom is -0.484 e. The summed E-state index contributed by atoms with van der Waals surface area (Å²) in [5.41, 5.74) is 2.68. The molecule has 31 heavy (non-hydrogen) atoms. The Kier molecular flexibility index (Phi) is 5.32. The molecule has 0 spiro atoms. The van der Waals surface area contributed by atoms with Crippen LogP contribution in [0.3, 0.4) is 0 Å². The summed E-state index contributed by atoms with van der Waals surface area (Å²) in [6.07, 6.45) is 3.87. The van der Waals surface area contributed by atoms with Gasteiger partial charge in [0.15, 0.2) is 6.61 Å². The Morgan fingerprint density at radius 1 is 1.13 bits per heavy atom. The van der Waals surface area contributed by atoms with Gasteiger partial charge in [0.05, 0.1) is 11.0 Å². The predicted molar refractivity (Wildman–Crippen MR) is 118 cm³/mol. The van der Waals surface area contributed by atoms with Crippen LogP contribution in [-0.2, 0) is 9.59 Å². The van der Waals surface area contributed by atoms with Gasteiger partial charge in [-0.25, -0.2) is 4.98 Å². The Hall–Kier alpha value is -3.35. The first kappa shape index (κ1) is 19.6. The molecule has 7 nitrogen and oxygen atoms in total. The van der Waals surface area contributed by atoms with Gasteiger partial charge in [-0.3, -0.25) is 9.59 Å². The largest absolute Gasteiger partial charge is 0.484 e. The summed E-state index contributed by atoms with van der Waals surface area (Å²) in [5.74, 6) is 1.88. The van der Waals surface area contributed by atoms with Crippen molar-refractivity contribution in [2.75, 3.05) is 25.0 Å². The lowest BCUT2D eigenvalue weighted by molar-refractivity contribution is -0.134. The number of aromatic amines is 1. The van der Waals surface area contributed by atoms with E-state index in [1.54, 1.807) is 12.1 Å². The number of imidazole rings is 1. The number of carbonyl (C=O) groups excluding carboxylic acids is 2. The molecule has 2 aromatic carbocycles. The number of hydrogen-bond acceptors (Lipinski definition) is 4. The highest BCUT2D eigenvalue weighted by molar-refractivity contribution is 5.94. The van der Waals surface area contributed by atoms with Crippen molar-refractivity contribution in [3.8, 4) is 5.75 Å². The van der Waals surface area contributed by atoms with E-state index >= 15 is 0 Å². The quantitative estimate of drug-likeness (QED) is 0.639. The van der Waals surface area contributed by atoms with Gasteiger partial charge in [0.2, 0.25) is 5.91 Å². The zero-order valence-electron chi connectivity index (χ0n) is 17.3. The van der Waals surface area contributed by atoms with Crippen LogP contribution in [0.15, 0.2) is 48.5 Å². The highest BCUT2D eigenvalue weighted by Gasteiger charge is 2.30. The van der Waals surface area contributed by atoms with Crippen molar-refractivity contribution in [3.05, 3.63) is 54.4 Å². The highest BCUT2D eigenvalue weighted by atomic mass is 16.5. The number of carbonyl (C=O) groups is 2. The average molecular weight is 418 g/mol. The maximum atomic E-state index is 12.8. The Labute approximate surface area is 180 Å². The Morgan fingerprint density at radius 2 is 2.00 bits per heavy atom. The molecule has 2 N–H and O–H groups in total. The standard InChI is InChI=1S/C24H26N4O3/c29-22(15-31-19-7-3-6-18(13-19)25-24(30)16-10-11-16)28-12-4-5-17(14-28)23-26-20-8-1-2-9-21(20)27-23/h1-3,6-9,13,16-17H,4-5,10-12,14-15H2,(H,25,30)(H,26,27). The van der Waals surface area contributed by atoms with Crippen LogP contribution in [0.25, 0.3) is 11.0 Å². The molecule has 1 aromatic heterocycles. The molecule has 0 bridgehead atoms.